The Morgan fingerprint density at radius 1 is 1.22 bits per heavy atom. The van der Waals surface area contributed by atoms with Crippen molar-refractivity contribution in [1.29, 1.82) is 0 Å². The highest BCUT2D eigenvalue weighted by molar-refractivity contribution is 6.05. The number of hydrogen-bond donors (Lipinski definition) is 4. The molecule has 1 amide bonds. The zero-order valence-corrected chi connectivity index (χ0v) is 9.04. The van der Waals surface area contributed by atoms with Crippen LogP contribution in [0.3, 0.4) is 0 Å². The summed E-state index contributed by atoms with van der Waals surface area (Å²) in [5, 5.41) is 26.7. The van der Waals surface area contributed by atoms with Gasteiger partial charge in [0.25, 0.3) is 11.5 Å². The Hall–Kier alpha value is -2.83. The largest absolute Gasteiger partial charge is 0.508 e. The first-order chi connectivity index (χ1) is 8.56. The van der Waals surface area contributed by atoms with Gasteiger partial charge in [0.15, 0.2) is 5.82 Å². The second kappa shape index (κ2) is 4.58. The summed E-state index contributed by atoms with van der Waals surface area (Å²) in [5.41, 5.74) is -0.402. The van der Waals surface area contributed by atoms with Crippen LogP contribution in [0.15, 0.2) is 35.1 Å². The van der Waals surface area contributed by atoms with E-state index in [4.69, 9.17) is 5.11 Å². The molecule has 7 nitrogen and oxygen atoms in total. The fourth-order valence-corrected chi connectivity index (χ4v) is 1.31. The van der Waals surface area contributed by atoms with Gasteiger partial charge in [-0.3, -0.25) is 9.59 Å². The summed E-state index contributed by atoms with van der Waals surface area (Å²) < 4.78 is 0. The van der Waals surface area contributed by atoms with E-state index in [1.807, 2.05) is 0 Å². The number of aromatic amines is 1. The summed E-state index contributed by atoms with van der Waals surface area (Å²) in [6, 6.07) is 6.13. The van der Waals surface area contributed by atoms with Gasteiger partial charge in [0.2, 0.25) is 0 Å². The molecular weight excluding hydrogens is 238 g/mol. The van der Waals surface area contributed by atoms with Crippen LogP contribution in [0, 0.1) is 0 Å². The minimum absolute atomic E-state index is 0.0131. The van der Waals surface area contributed by atoms with E-state index in [1.165, 1.54) is 24.3 Å². The molecule has 18 heavy (non-hydrogen) atoms. The number of phenols is 2. The molecule has 0 spiro atoms. The van der Waals surface area contributed by atoms with Gasteiger partial charge in [-0.1, -0.05) is 0 Å². The quantitative estimate of drug-likeness (QED) is 0.614. The van der Waals surface area contributed by atoms with E-state index < -0.39 is 5.91 Å². The van der Waals surface area contributed by atoms with Crippen LogP contribution in [0.2, 0.25) is 0 Å². The maximum Gasteiger partial charge on any atom is 0.264 e. The zero-order valence-electron chi connectivity index (χ0n) is 9.04. The zero-order chi connectivity index (χ0) is 13.1. The molecule has 0 unspecified atom stereocenters. The first-order valence-electron chi connectivity index (χ1n) is 4.95. The predicted molar refractivity (Wildman–Crippen MR) is 62.6 cm³/mol. The molecule has 0 aliphatic carbocycles. The molecule has 1 aromatic heterocycles. The fourth-order valence-electron chi connectivity index (χ4n) is 1.31. The van der Waals surface area contributed by atoms with E-state index in [0.717, 1.165) is 6.07 Å². The van der Waals surface area contributed by atoms with Crippen LogP contribution in [-0.4, -0.2) is 26.3 Å². The number of rotatable bonds is 2. The summed E-state index contributed by atoms with van der Waals surface area (Å²) in [5.74, 6) is -0.956. The molecule has 0 aliphatic heterocycles. The van der Waals surface area contributed by atoms with Crippen LogP contribution in [0.5, 0.6) is 11.5 Å². The van der Waals surface area contributed by atoms with E-state index >= 15 is 0 Å². The number of nitrogens with zero attached hydrogens (tertiary/aromatic N) is 1. The molecule has 0 bridgehead atoms. The molecule has 2 rings (SSSR count). The van der Waals surface area contributed by atoms with Crippen molar-refractivity contribution in [3.63, 3.8) is 0 Å². The maximum atomic E-state index is 11.7. The number of H-pyrrole nitrogens is 1. The van der Waals surface area contributed by atoms with Crippen LogP contribution in [0.4, 0.5) is 5.82 Å². The maximum absolute atomic E-state index is 11.7. The van der Waals surface area contributed by atoms with Gasteiger partial charge in [-0.15, -0.1) is 0 Å². The van der Waals surface area contributed by atoms with Crippen LogP contribution in [0.1, 0.15) is 10.4 Å². The molecule has 0 aliphatic rings. The van der Waals surface area contributed by atoms with E-state index in [2.05, 4.69) is 15.5 Å². The minimum Gasteiger partial charge on any atom is -0.508 e. The molecule has 7 heteroatoms. The molecule has 92 valence electrons. The highest BCUT2D eigenvalue weighted by Gasteiger charge is 2.12. The summed E-state index contributed by atoms with van der Waals surface area (Å²) in [6.07, 6.45) is 0. The Bertz CT molecular complexity index is 630. The Morgan fingerprint density at radius 2 is 2.00 bits per heavy atom. The van der Waals surface area contributed by atoms with Gasteiger partial charge in [-0.05, 0) is 18.2 Å². The molecule has 0 saturated carbocycles. The lowest BCUT2D eigenvalue weighted by Gasteiger charge is -2.05. The summed E-state index contributed by atoms with van der Waals surface area (Å²) in [4.78, 5) is 22.5. The van der Waals surface area contributed by atoms with Gasteiger partial charge in [0.1, 0.15) is 11.5 Å². The number of carbonyl (C=O) groups excluding carboxylic acids is 1. The van der Waals surface area contributed by atoms with Crippen molar-refractivity contribution in [2.75, 3.05) is 5.32 Å². The summed E-state index contributed by atoms with van der Waals surface area (Å²) >= 11 is 0. The number of phenolic OH excluding ortho intramolecular Hbond substituents is 2. The Balaban J connectivity index is 2.22. The Morgan fingerprint density at radius 3 is 2.61 bits per heavy atom. The fraction of sp³-hybridized carbons (Fsp3) is 0. The van der Waals surface area contributed by atoms with Crippen molar-refractivity contribution >= 4 is 11.7 Å². The van der Waals surface area contributed by atoms with Gasteiger partial charge in [-0.25, -0.2) is 5.10 Å². The third kappa shape index (κ3) is 2.46. The highest BCUT2D eigenvalue weighted by Crippen LogP contribution is 2.22. The lowest BCUT2D eigenvalue weighted by Crippen LogP contribution is -2.15. The molecule has 0 atom stereocenters. The molecule has 2 aromatic rings. The van der Waals surface area contributed by atoms with Gasteiger partial charge in [0.05, 0.1) is 5.56 Å². The van der Waals surface area contributed by atoms with Gasteiger partial charge < -0.3 is 15.5 Å². The SMILES string of the molecule is O=C(Nc1ccc(=O)[nH]n1)c1ccc(O)cc1O. The second-order valence-electron chi connectivity index (χ2n) is 3.46. The summed E-state index contributed by atoms with van der Waals surface area (Å²) in [6.45, 7) is 0. The number of aromatic nitrogens is 2. The monoisotopic (exact) mass is 247 g/mol. The average molecular weight is 247 g/mol. The van der Waals surface area contributed by atoms with E-state index in [0.29, 0.717) is 0 Å². The predicted octanol–water partition coefficient (Wildman–Crippen LogP) is 0.433. The molecule has 0 fully saturated rings. The van der Waals surface area contributed by atoms with E-state index in [-0.39, 0.29) is 28.4 Å². The first-order valence-corrected chi connectivity index (χ1v) is 4.95. The van der Waals surface area contributed by atoms with Gasteiger partial charge in [0, 0.05) is 12.1 Å². The Labute approximate surface area is 101 Å². The number of anilines is 1. The van der Waals surface area contributed by atoms with Crippen molar-refractivity contribution in [1.82, 2.24) is 10.2 Å². The van der Waals surface area contributed by atoms with Crippen LogP contribution < -0.4 is 10.9 Å². The molecular formula is C11H9N3O4. The average Bonchev–Trinajstić information content (AvgIpc) is 2.32. The van der Waals surface area contributed by atoms with Crippen molar-refractivity contribution in [3.05, 3.63) is 46.2 Å². The number of nitrogens with one attached hydrogen (secondary N) is 2. The second-order valence-corrected chi connectivity index (χ2v) is 3.46. The third-order valence-corrected chi connectivity index (χ3v) is 2.15. The van der Waals surface area contributed by atoms with E-state index in [1.54, 1.807) is 0 Å². The molecule has 0 saturated heterocycles. The molecule has 4 N–H and O–H groups in total. The Kier molecular flexibility index (Phi) is 2.96. The number of amides is 1. The third-order valence-electron chi connectivity index (χ3n) is 2.15. The summed E-state index contributed by atoms with van der Waals surface area (Å²) in [7, 11) is 0. The van der Waals surface area contributed by atoms with Crippen LogP contribution in [-0.2, 0) is 0 Å². The van der Waals surface area contributed by atoms with Gasteiger partial charge in [-0.2, -0.15) is 5.10 Å². The topological polar surface area (TPSA) is 115 Å². The highest BCUT2D eigenvalue weighted by atomic mass is 16.3. The lowest BCUT2D eigenvalue weighted by molar-refractivity contribution is 0.102. The van der Waals surface area contributed by atoms with Gasteiger partial charge >= 0.3 is 0 Å². The van der Waals surface area contributed by atoms with Crippen LogP contribution >= 0.6 is 0 Å². The molecule has 1 heterocycles. The lowest BCUT2D eigenvalue weighted by atomic mass is 10.2. The minimum atomic E-state index is -0.605. The normalized spacial score (nSPS) is 10.0. The smallest absolute Gasteiger partial charge is 0.264 e. The number of benzene rings is 1. The number of aromatic hydroxyl groups is 2. The standard InChI is InChI=1S/C11H9N3O4/c15-6-1-2-7(8(16)5-6)11(18)12-9-3-4-10(17)14-13-9/h1-5,15-16H,(H,14,17)(H,12,13,18). The van der Waals surface area contributed by atoms with E-state index in [9.17, 15) is 14.7 Å². The number of hydrogen-bond acceptors (Lipinski definition) is 5. The number of carbonyl (C=O) groups is 1. The van der Waals surface area contributed by atoms with Crippen molar-refractivity contribution < 1.29 is 15.0 Å². The molecule has 0 radical (unpaired) electrons. The van der Waals surface area contributed by atoms with Crippen molar-refractivity contribution in [2.45, 2.75) is 0 Å². The van der Waals surface area contributed by atoms with Crippen LogP contribution in [0.25, 0.3) is 0 Å². The van der Waals surface area contributed by atoms with Crippen molar-refractivity contribution in [3.8, 4) is 11.5 Å². The van der Waals surface area contributed by atoms with Crippen molar-refractivity contribution in [2.24, 2.45) is 0 Å². The molecule has 1 aromatic carbocycles. The first kappa shape index (κ1) is 11.6.